The van der Waals surface area contributed by atoms with E-state index < -0.39 is 22.8 Å². The zero-order valence-corrected chi connectivity index (χ0v) is 12.9. The molecule has 0 radical (unpaired) electrons. The summed E-state index contributed by atoms with van der Waals surface area (Å²) in [7, 11) is 0. The fourth-order valence-corrected chi connectivity index (χ4v) is 4.51. The third-order valence-electron chi connectivity index (χ3n) is 5.55. The fourth-order valence-electron chi connectivity index (χ4n) is 4.51. The van der Waals surface area contributed by atoms with Crippen LogP contribution in [0, 0.1) is 16.7 Å². The van der Waals surface area contributed by atoms with Crippen LogP contribution in [0.25, 0.3) is 0 Å². The zero-order chi connectivity index (χ0) is 15.4. The lowest BCUT2D eigenvalue weighted by Gasteiger charge is -2.48. The SMILES string of the molecule is CCCC(C(=O)O)(C1CCCC1)C(CC)(CC)C(=O)O. The molecule has 0 saturated heterocycles. The first-order valence-corrected chi connectivity index (χ1v) is 7.89. The standard InChI is InChI=1S/C16H28O4/c1-4-11-16(14(19)20,12-9-7-8-10-12)15(5-2,6-3)13(17)18/h12H,4-11H2,1-3H3,(H,17,18)(H,19,20). The molecule has 1 aliphatic carbocycles. The number of hydrogen-bond acceptors (Lipinski definition) is 2. The number of carboxylic acid groups (broad SMARTS) is 2. The second-order valence-corrected chi connectivity index (χ2v) is 6.10. The largest absolute Gasteiger partial charge is 0.481 e. The molecule has 0 aromatic carbocycles. The van der Waals surface area contributed by atoms with Gasteiger partial charge >= 0.3 is 11.9 Å². The molecule has 4 nitrogen and oxygen atoms in total. The highest BCUT2D eigenvalue weighted by Crippen LogP contribution is 2.57. The van der Waals surface area contributed by atoms with Crippen LogP contribution in [-0.2, 0) is 9.59 Å². The normalized spacial score (nSPS) is 19.8. The molecule has 0 aromatic rings. The van der Waals surface area contributed by atoms with Crippen LogP contribution < -0.4 is 0 Å². The third-order valence-corrected chi connectivity index (χ3v) is 5.55. The summed E-state index contributed by atoms with van der Waals surface area (Å²) in [5.74, 6) is -1.85. The highest BCUT2D eigenvalue weighted by molar-refractivity contribution is 5.87. The summed E-state index contributed by atoms with van der Waals surface area (Å²) in [5, 5.41) is 19.8. The minimum Gasteiger partial charge on any atom is -0.481 e. The Balaban J connectivity index is 3.46. The smallest absolute Gasteiger partial charge is 0.311 e. The molecule has 0 amide bonds. The molecule has 0 aliphatic heterocycles. The van der Waals surface area contributed by atoms with E-state index >= 15 is 0 Å². The van der Waals surface area contributed by atoms with Crippen molar-refractivity contribution >= 4 is 11.9 Å². The van der Waals surface area contributed by atoms with Crippen molar-refractivity contribution in [3.05, 3.63) is 0 Å². The number of hydrogen-bond donors (Lipinski definition) is 2. The number of carbonyl (C=O) groups is 2. The minimum absolute atomic E-state index is 0.00375. The van der Waals surface area contributed by atoms with Crippen LogP contribution in [0.5, 0.6) is 0 Å². The fraction of sp³-hybridized carbons (Fsp3) is 0.875. The maximum atomic E-state index is 12.2. The highest BCUT2D eigenvalue weighted by atomic mass is 16.4. The summed E-state index contributed by atoms with van der Waals surface area (Å²) in [6.45, 7) is 5.59. The van der Waals surface area contributed by atoms with Gasteiger partial charge in [-0.3, -0.25) is 9.59 Å². The maximum absolute atomic E-state index is 12.2. The Morgan fingerprint density at radius 2 is 1.50 bits per heavy atom. The summed E-state index contributed by atoms with van der Waals surface area (Å²) in [6.07, 6.45) is 5.66. The summed E-state index contributed by atoms with van der Waals surface area (Å²) in [5.41, 5.74) is -2.27. The Labute approximate surface area is 121 Å². The lowest BCUT2D eigenvalue weighted by Crippen LogP contribution is -2.55. The van der Waals surface area contributed by atoms with Gasteiger partial charge in [0.1, 0.15) is 0 Å². The van der Waals surface area contributed by atoms with Crippen LogP contribution in [0.4, 0.5) is 0 Å². The van der Waals surface area contributed by atoms with Crippen molar-refractivity contribution in [3.8, 4) is 0 Å². The lowest BCUT2D eigenvalue weighted by molar-refractivity contribution is -0.183. The van der Waals surface area contributed by atoms with E-state index in [0.717, 1.165) is 25.7 Å². The van der Waals surface area contributed by atoms with E-state index in [1.165, 1.54) is 0 Å². The topological polar surface area (TPSA) is 74.6 Å². The van der Waals surface area contributed by atoms with Crippen LogP contribution in [0.3, 0.4) is 0 Å². The second kappa shape index (κ2) is 6.59. The van der Waals surface area contributed by atoms with E-state index in [9.17, 15) is 19.8 Å². The van der Waals surface area contributed by atoms with Gasteiger partial charge in [-0.2, -0.15) is 0 Å². The van der Waals surface area contributed by atoms with Crippen molar-refractivity contribution in [1.82, 2.24) is 0 Å². The van der Waals surface area contributed by atoms with Gasteiger partial charge in [0.15, 0.2) is 0 Å². The first-order valence-electron chi connectivity index (χ1n) is 7.89. The van der Waals surface area contributed by atoms with E-state index in [0.29, 0.717) is 25.7 Å². The predicted octanol–water partition coefficient (Wildman–Crippen LogP) is 3.94. The van der Waals surface area contributed by atoms with Gasteiger partial charge in [0, 0.05) is 0 Å². The lowest BCUT2D eigenvalue weighted by atomic mass is 9.52. The van der Waals surface area contributed by atoms with Crippen molar-refractivity contribution in [2.45, 2.75) is 72.1 Å². The summed E-state index contributed by atoms with van der Waals surface area (Å²) < 4.78 is 0. The number of aliphatic carboxylic acids is 2. The molecule has 20 heavy (non-hydrogen) atoms. The van der Waals surface area contributed by atoms with E-state index in [2.05, 4.69) is 0 Å². The zero-order valence-electron chi connectivity index (χ0n) is 12.9. The molecule has 0 bridgehead atoms. The molecule has 1 aliphatic rings. The molecule has 1 rings (SSSR count). The highest BCUT2D eigenvalue weighted by Gasteiger charge is 2.62. The Morgan fingerprint density at radius 3 is 1.80 bits per heavy atom. The van der Waals surface area contributed by atoms with Crippen molar-refractivity contribution in [2.75, 3.05) is 0 Å². The Kier molecular flexibility index (Phi) is 5.60. The minimum atomic E-state index is -1.15. The van der Waals surface area contributed by atoms with Gasteiger partial charge in [0.05, 0.1) is 10.8 Å². The van der Waals surface area contributed by atoms with Gasteiger partial charge in [-0.25, -0.2) is 0 Å². The monoisotopic (exact) mass is 284 g/mol. The van der Waals surface area contributed by atoms with Crippen LogP contribution in [-0.4, -0.2) is 22.2 Å². The molecular weight excluding hydrogens is 256 g/mol. The molecule has 4 heteroatoms. The average Bonchev–Trinajstić information content (AvgIpc) is 2.92. The molecule has 0 heterocycles. The molecule has 0 spiro atoms. The maximum Gasteiger partial charge on any atom is 0.311 e. The second-order valence-electron chi connectivity index (χ2n) is 6.10. The van der Waals surface area contributed by atoms with Gasteiger partial charge in [-0.15, -0.1) is 0 Å². The Hall–Kier alpha value is -1.06. The quantitative estimate of drug-likeness (QED) is 0.708. The van der Waals surface area contributed by atoms with Gasteiger partial charge < -0.3 is 10.2 Å². The first kappa shape index (κ1) is 17.0. The van der Waals surface area contributed by atoms with E-state index in [-0.39, 0.29) is 5.92 Å². The van der Waals surface area contributed by atoms with Crippen LogP contribution in [0.2, 0.25) is 0 Å². The molecule has 2 N–H and O–H groups in total. The van der Waals surface area contributed by atoms with Crippen molar-refractivity contribution in [1.29, 1.82) is 0 Å². The third kappa shape index (κ3) is 2.33. The van der Waals surface area contributed by atoms with Crippen LogP contribution in [0.15, 0.2) is 0 Å². The average molecular weight is 284 g/mol. The van der Waals surface area contributed by atoms with Crippen molar-refractivity contribution in [3.63, 3.8) is 0 Å². The Morgan fingerprint density at radius 1 is 1.00 bits per heavy atom. The Bertz CT molecular complexity index is 353. The van der Waals surface area contributed by atoms with Gasteiger partial charge in [-0.05, 0) is 38.0 Å². The van der Waals surface area contributed by atoms with E-state index in [1.54, 1.807) is 0 Å². The van der Waals surface area contributed by atoms with Gasteiger partial charge in [-0.1, -0.05) is 40.0 Å². The van der Waals surface area contributed by atoms with Gasteiger partial charge in [0.25, 0.3) is 0 Å². The van der Waals surface area contributed by atoms with Crippen LogP contribution in [0.1, 0.15) is 72.1 Å². The molecule has 116 valence electrons. The first-order chi connectivity index (χ1) is 9.42. The summed E-state index contributed by atoms with van der Waals surface area (Å²) in [6, 6.07) is 0. The molecule has 1 fully saturated rings. The predicted molar refractivity (Wildman–Crippen MR) is 77.6 cm³/mol. The van der Waals surface area contributed by atoms with Crippen LogP contribution >= 0.6 is 0 Å². The number of rotatable bonds is 8. The number of carboxylic acids is 2. The molecule has 1 unspecified atom stereocenters. The van der Waals surface area contributed by atoms with E-state index in [4.69, 9.17) is 0 Å². The van der Waals surface area contributed by atoms with Crippen molar-refractivity contribution in [2.24, 2.45) is 16.7 Å². The van der Waals surface area contributed by atoms with Gasteiger partial charge in [0.2, 0.25) is 0 Å². The van der Waals surface area contributed by atoms with E-state index in [1.807, 2.05) is 20.8 Å². The molecule has 0 aromatic heterocycles. The van der Waals surface area contributed by atoms with Crippen molar-refractivity contribution < 1.29 is 19.8 Å². The summed E-state index contributed by atoms with van der Waals surface area (Å²) in [4.78, 5) is 24.2. The summed E-state index contributed by atoms with van der Waals surface area (Å²) >= 11 is 0. The molecule has 1 atom stereocenters. The molecule has 1 saturated carbocycles. The molecular formula is C16H28O4.